The van der Waals surface area contributed by atoms with Crippen LogP contribution in [0.1, 0.15) is 56.0 Å². The predicted octanol–water partition coefficient (Wildman–Crippen LogP) is 5.39. The Morgan fingerprint density at radius 2 is 1.72 bits per heavy atom. The van der Waals surface area contributed by atoms with Crippen molar-refractivity contribution in [2.45, 2.75) is 67.3 Å². The monoisotopic (exact) mass is 341 g/mol. The van der Waals surface area contributed by atoms with E-state index in [0.717, 1.165) is 24.3 Å². The highest BCUT2D eigenvalue weighted by Gasteiger charge is 2.13. The van der Waals surface area contributed by atoms with Gasteiger partial charge in [-0.3, -0.25) is 4.98 Å². The van der Waals surface area contributed by atoms with Crippen molar-refractivity contribution in [2.24, 2.45) is 0 Å². The molecule has 0 spiro atoms. The van der Waals surface area contributed by atoms with Gasteiger partial charge in [-0.1, -0.05) is 13.8 Å². The molecule has 1 aromatic heterocycles. The van der Waals surface area contributed by atoms with Gasteiger partial charge in [-0.2, -0.15) is 0 Å². The van der Waals surface area contributed by atoms with Crippen LogP contribution >= 0.6 is 0 Å². The average Bonchev–Trinajstić information content (AvgIpc) is 2.55. The molecule has 0 aliphatic carbocycles. The molecule has 25 heavy (non-hydrogen) atoms. The van der Waals surface area contributed by atoms with Crippen LogP contribution in [0.25, 0.3) is 10.9 Å². The Kier molecular flexibility index (Phi) is 6.83. The van der Waals surface area contributed by atoms with Crippen LogP contribution in [-0.2, 0) is 0 Å². The lowest BCUT2D eigenvalue weighted by Crippen LogP contribution is -2.25. The molecule has 0 amide bonds. The highest BCUT2D eigenvalue weighted by atomic mass is 15.1. The van der Waals surface area contributed by atoms with Crippen LogP contribution in [0.5, 0.6) is 0 Å². The van der Waals surface area contributed by atoms with Gasteiger partial charge in [0.05, 0.1) is 5.52 Å². The van der Waals surface area contributed by atoms with E-state index in [1.165, 1.54) is 47.2 Å². The van der Waals surface area contributed by atoms with Gasteiger partial charge < -0.3 is 10.2 Å². The number of hydrogen-bond donors (Lipinski definition) is 1. The van der Waals surface area contributed by atoms with Gasteiger partial charge in [0.15, 0.2) is 0 Å². The first-order chi connectivity index (χ1) is 11.9. The van der Waals surface area contributed by atoms with E-state index in [0.29, 0.717) is 6.04 Å². The summed E-state index contributed by atoms with van der Waals surface area (Å²) in [6.45, 7) is 18.9. The van der Waals surface area contributed by atoms with Crippen molar-refractivity contribution in [1.82, 2.24) is 9.88 Å². The van der Waals surface area contributed by atoms with E-state index >= 15 is 0 Å². The Labute approximate surface area is 153 Å². The Morgan fingerprint density at radius 1 is 1.04 bits per heavy atom. The first-order valence-electron chi connectivity index (χ1n) is 9.74. The zero-order valence-electron chi connectivity index (χ0n) is 17.2. The van der Waals surface area contributed by atoms with E-state index in [-0.39, 0.29) is 0 Å². The molecule has 0 saturated heterocycles. The minimum atomic E-state index is 0.477. The summed E-state index contributed by atoms with van der Waals surface area (Å²) in [6, 6.07) is 4.93. The fourth-order valence-electron chi connectivity index (χ4n) is 3.77. The molecule has 1 heterocycles. The van der Waals surface area contributed by atoms with Crippen LogP contribution in [0.2, 0.25) is 0 Å². The first-order valence-corrected chi connectivity index (χ1v) is 9.74. The van der Waals surface area contributed by atoms with Crippen LogP contribution < -0.4 is 5.32 Å². The van der Waals surface area contributed by atoms with E-state index < -0.39 is 0 Å². The van der Waals surface area contributed by atoms with Crippen molar-refractivity contribution in [3.8, 4) is 0 Å². The molecule has 3 nitrogen and oxygen atoms in total. The molecule has 0 unspecified atom stereocenters. The second-order valence-electron chi connectivity index (χ2n) is 7.38. The van der Waals surface area contributed by atoms with Crippen molar-refractivity contribution >= 4 is 16.6 Å². The smallest absolute Gasteiger partial charge is 0.0741 e. The molecular formula is C22H35N3. The molecule has 0 aliphatic rings. The van der Waals surface area contributed by atoms with Crippen LogP contribution in [0.3, 0.4) is 0 Å². The van der Waals surface area contributed by atoms with Gasteiger partial charge in [0.2, 0.25) is 0 Å². The normalized spacial score (nSPS) is 12.8. The predicted molar refractivity (Wildman–Crippen MR) is 111 cm³/mol. The van der Waals surface area contributed by atoms with E-state index in [9.17, 15) is 0 Å². The zero-order valence-corrected chi connectivity index (χ0v) is 17.2. The number of aromatic nitrogens is 1. The summed E-state index contributed by atoms with van der Waals surface area (Å²) in [5.74, 6) is 0. The molecule has 0 fully saturated rings. The minimum absolute atomic E-state index is 0.477. The maximum absolute atomic E-state index is 4.77. The lowest BCUT2D eigenvalue weighted by molar-refractivity contribution is 0.295. The number of anilines is 1. The second-order valence-corrected chi connectivity index (χ2v) is 7.38. The summed E-state index contributed by atoms with van der Waals surface area (Å²) < 4.78 is 0. The lowest BCUT2D eigenvalue weighted by Gasteiger charge is -2.22. The van der Waals surface area contributed by atoms with Gasteiger partial charge in [0, 0.05) is 22.8 Å². The zero-order chi connectivity index (χ0) is 18.6. The van der Waals surface area contributed by atoms with E-state index in [4.69, 9.17) is 4.98 Å². The fraction of sp³-hybridized carbons (Fsp3) is 0.591. The summed E-state index contributed by atoms with van der Waals surface area (Å²) in [5.41, 5.74) is 7.40. The minimum Gasteiger partial charge on any atom is -0.382 e. The Bertz CT molecular complexity index is 717. The quantitative estimate of drug-likeness (QED) is 0.697. The maximum atomic E-state index is 4.77. The number of fused-ring (bicyclic) bond motifs is 1. The molecule has 1 aromatic carbocycles. The topological polar surface area (TPSA) is 28.2 Å². The third-order valence-electron chi connectivity index (χ3n) is 5.27. The molecule has 0 radical (unpaired) electrons. The number of aryl methyl sites for hydroxylation is 4. The molecular weight excluding hydrogens is 306 g/mol. The molecule has 0 saturated carbocycles. The average molecular weight is 342 g/mol. The second kappa shape index (κ2) is 8.66. The maximum Gasteiger partial charge on any atom is 0.0741 e. The Morgan fingerprint density at radius 3 is 2.36 bits per heavy atom. The van der Waals surface area contributed by atoms with Crippen LogP contribution in [0.4, 0.5) is 5.69 Å². The van der Waals surface area contributed by atoms with Gasteiger partial charge in [-0.05, 0) is 95.9 Å². The number of nitrogens with zero attached hydrogens (tertiary/aromatic N) is 2. The number of hydrogen-bond acceptors (Lipinski definition) is 3. The highest BCUT2D eigenvalue weighted by Crippen LogP contribution is 2.31. The van der Waals surface area contributed by atoms with Crippen molar-refractivity contribution in [3.63, 3.8) is 0 Å². The van der Waals surface area contributed by atoms with Crippen molar-refractivity contribution in [3.05, 3.63) is 34.5 Å². The van der Waals surface area contributed by atoms with Gasteiger partial charge in [-0.25, -0.2) is 0 Å². The summed E-state index contributed by atoms with van der Waals surface area (Å²) in [4.78, 5) is 7.27. The van der Waals surface area contributed by atoms with Crippen LogP contribution in [0.15, 0.2) is 12.1 Å². The number of benzene rings is 1. The van der Waals surface area contributed by atoms with Crippen LogP contribution in [-0.4, -0.2) is 35.6 Å². The summed E-state index contributed by atoms with van der Waals surface area (Å²) in [6.07, 6.45) is 2.43. The van der Waals surface area contributed by atoms with Gasteiger partial charge in [-0.15, -0.1) is 0 Å². The molecule has 138 valence electrons. The SMILES string of the molecule is CCN(CC)CCC[C@@H](C)Nc1cc(C)c2nc(C)cc(C)c2c1C. The van der Waals surface area contributed by atoms with Gasteiger partial charge >= 0.3 is 0 Å². The third kappa shape index (κ3) is 4.72. The van der Waals surface area contributed by atoms with Crippen molar-refractivity contribution < 1.29 is 0 Å². The van der Waals surface area contributed by atoms with E-state index in [1.807, 2.05) is 0 Å². The standard InChI is InChI=1S/C22H35N3/c1-8-25(9-2)12-10-11-17(5)23-20-14-16(4)22-21(19(20)7)15(3)13-18(6)24-22/h13-14,17,23H,8-12H2,1-7H3/t17-/m1/s1. The Balaban J connectivity index is 2.14. The molecule has 3 heteroatoms. The number of pyridine rings is 1. The highest BCUT2D eigenvalue weighted by molar-refractivity contribution is 5.92. The van der Waals surface area contributed by atoms with Crippen molar-refractivity contribution in [1.29, 1.82) is 0 Å². The van der Waals surface area contributed by atoms with Gasteiger partial charge in [0.25, 0.3) is 0 Å². The number of nitrogens with one attached hydrogen (secondary N) is 1. The van der Waals surface area contributed by atoms with E-state index in [1.54, 1.807) is 0 Å². The largest absolute Gasteiger partial charge is 0.382 e. The molecule has 2 aromatic rings. The van der Waals surface area contributed by atoms with Gasteiger partial charge in [0.1, 0.15) is 0 Å². The molecule has 2 rings (SSSR count). The molecule has 0 aliphatic heterocycles. The molecule has 1 atom stereocenters. The third-order valence-corrected chi connectivity index (χ3v) is 5.27. The number of rotatable bonds is 8. The molecule has 0 bridgehead atoms. The lowest BCUT2D eigenvalue weighted by atomic mass is 9.98. The first kappa shape index (κ1) is 19.7. The van der Waals surface area contributed by atoms with E-state index in [2.05, 4.69) is 70.8 Å². The molecule has 1 N–H and O–H groups in total. The van der Waals surface area contributed by atoms with Crippen LogP contribution in [0, 0.1) is 27.7 Å². The summed E-state index contributed by atoms with van der Waals surface area (Å²) >= 11 is 0. The van der Waals surface area contributed by atoms with Crippen molar-refractivity contribution in [2.75, 3.05) is 25.0 Å². The Hall–Kier alpha value is -1.61. The fourth-order valence-corrected chi connectivity index (χ4v) is 3.77. The summed E-state index contributed by atoms with van der Waals surface area (Å²) in [7, 11) is 0. The summed E-state index contributed by atoms with van der Waals surface area (Å²) in [5, 5.41) is 5.06.